The molecule has 6 heteroatoms. The number of rotatable bonds is 3. The second-order valence-corrected chi connectivity index (χ2v) is 5.98. The van der Waals surface area contributed by atoms with Gasteiger partial charge in [-0.3, -0.25) is 4.79 Å². The standard InChI is InChI=1S/C14H24N2O4/c1-9-5-3-4-6-12(9)16(2)14(19)15-11-8-20-7-10(11)13(17)18/h9-12H,3-8H2,1-2H3,(H,15,19)(H,17,18). The van der Waals surface area contributed by atoms with Gasteiger partial charge < -0.3 is 20.1 Å². The quantitative estimate of drug-likeness (QED) is 0.819. The van der Waals surface area contributed by atoms with Crippen molar-refractivity contribution in [3.63, 3.8) is 0 Å². The van der Waals surface area contributed by atoms with Gasteiger partial charge in [0.2, 0.25) is 0 Å². The number of nitrogens with zero attached hydrogens (tertiary/aromatic N) is 1. The fourth-order valence-corrected chi connectivity index (χ4v) is 3.22. The minimum atomic E-state index is -0.915. The van der Waals surface area contributed by atoms with E-state index in [-0.39, 0.29) is 25.3 Å². The number of hydrogen-bond donors (Lipinski definition) is 2. The summed E-state index contributed by atoms with van der Waals surface area (Å²) in [6.45, 7) is 2.62. The molecule has 6 nitrogen and oxygen atoms in total. The van der Waals surface area contributed by atoms with E-state index in [1.165, 1.54) is 6.42 Å². The maximum absolute atomic E-state index is 12.3. The van der Waals surface area contributed by atoms with Gasteiger partial charge in [-0.05, 0) is 18.8 Å². The first-order valence-corrected chi connectivity index (χ1v) is 7.34. The van der Waals surface area contributed by atoms with E-state index in [1.807, 2.05) is 0 Å². The van der Waals surface area contributed by atoms with Gasteiger partial charge in [-0.15, -0.1) is 0 Å². The van der Waals surface area contributed by atoms with Crippen LogP contribution >= 0.6 is 0 Å². The molecule has 1 heterocycles. The van der Waals surface area contributed by atoms with Gasteiger partial charge in [-0.25, -0.2) is 4.79 Å². The second kappa shape index (κ2) is 6.43. The van der Waals surface area contributed by atoms with Crippen molar-refractivity contribution in [3.8, 4) is 0 Å². The third-order valence-corrected chi connectivity index (χ3v) is 4.59. The Bertz CT molecular complexity index is 374. The Morgan fingerprint density at radius 1 is 1.25 bits per heavy atom. The Morgan fingerprint density at radius 3 is 2.60 bits per heavy atom. The molecular weight excluding hydrogens is 260 g/mol. The summed E-state index contributed by atoms with van der Waals surface area (Å²) in [6.07, 6.45) is 4.54. The molecule has 0 aromatic carbocycles. The van der Waals surface area contributed by atoms with Gasteiger partial charge in [0.15, 0.2) is 0 Å². The normalized spacial score (nSPS) is 33.7. The molecule has 0 spiro atoms. The van der Waals surface area contributed by atoms with Crippen molar-refractivity contribution in [3.05, 3.63) is 0 Å². The number of hydrogen-bond acceptors (Lipinski definition) is 3. The molecule has 0 aromatic rings. The number of ether oxygens (including phenoxy) is 1. The van der Waals surface area contributed by atoms with E-state index < -0.39 is 17.9 Å². The highest BCUT2D eigenvalue weighted by Gasteiger charge is 2.36. The highest BCUT2D eigenvalue weighted by Crippen LogP contribution is 2.27. The topological polar surface area (TPSA) is 78.9 Å². The van der Waals surface area contributed by atoms with Crippen molar-refractivity contribution in [2.45, 2.75) is 44.7 Å². The predicted octanol–water partition coefficient (Wildman–Crippen LogP) is 1.31. The van der Waals surface area contributed by atoms with E-state index in [1.54, 1.807) is 11.9 Å². The summed E-state index contributed by atoms with van der Waals surface area (Å²) in [4.78, 5) is 25.1. The van der Waals surface area contributed by atoms with Gasteiger partial charge in [0.1, 0.15) is 5.92 Å². The van der Waals surface area contributed by atoms with E-state index in [4.69, 9.17) is 9.84 Å². The van der Waals surface area contributed by atoms with Crippen LogP contribution in [0, 0.1) is 11.8 Å². The summed E-state index contributed by atoms with van der Waals surface area (Å²) < 4.78 is 5.16. The SMILES string of the molecule is CC1CCCCC1N(C)C(=O)NC1COCC1C(=O)O. The molecule has 0 radical (unpaired) electrons. The maximum atomic E-state index is 12.3. The Hall–Kier alpha value is -1.30. The van der Waals surface area contributed by atoms with Crippen molar-refractivity contribution in [1.82, 2.24) is 10.2 Å². The van der Waals surface area contributed by atoms with E-state index in [2.05, 4.69) is 12.2 Å². The highest BCUT2D eigenvalue weighted by molar-refractivity contribution is 5.77. The van der Waals surface area contributed by atoms with Crippen molar-refractivity contribution in [2.75, 3.05) is 20.3 Å². The first-order valence-electron chi connectivity index (χ1n) is 7.34. The van der Waals surface area contributed by atoms with Gasteiger partial charge in [0.25, 0.3) is 0 Å². The molecule has 1 saturated carbocycles. The van der Waals surface area contributed by atoms with Crippen molar-refractivity contribution in [1.29, 1.82) is 0 Å². The molecule has 0 bridgehead atoms. The van der Waals surface area contributed by atoms with Crippen LogP contribution < -0.4 is 5.32 Å². The number of carboxylic acids is 1. The van der Waals surface area contributed by atoms with Crippen LogP contribution in [-0.4, -0.2) is 54.4 Å². The van der Waals surface area contributed by atoms with Crippen LogP contribution in [0.4, 0.5) is 4.79 Å². The van der Waals surface area contributed by atoms with Gasteiger partial charge in [-0.2, -0.15) is 0 Å². The molecule has 20 heavy (non-hydrogen) atoms. The van der Waals surface area contributed by atoms with Crippen molar-refractivity contribution in [2.24, 2.45) is 11.8 Å². The van der Waals surface area contributed by atoms with Crippen LogP contribution in [0.5, 0.6) is 0 Å². The Morgan fingerprint density at radius 2 is 1.95 bits per heavy atom. The molecule has 2 aliphatic rings. The first-order chi connectivity index (χ1) is 9.50. The molecule has 2 fully saturated rings. The monoisotopic (exact) mass is 284 g/mol. The predicted molar refractivity (Wildman–Crippen MR) is 73.4 cm³/mol. The highest BCUT2D eigenvalue weighted by atomic mass is 16.5. The number of amides is 2. The van der Waals surface area contributed by atoms with Crippen LogP contribution in [0.2, 0.25) is 0 Å². The average molecular weight is 284 g/mol. The fourth-order valence-electron chi connectivity index (χ4n) is 3.22. The number of aliphatic carboxylic acids is 1. The smallest absolute Gasteiger partial charge is 0.317 e. The summed E-state index contributed by atoms with van der Waals surface area (Å²) in [7, 11) is 1.80. The third kappa shape index (κ3) is 3.23. The first kappa shape index (κ1) is 15.1. The van der Waals surface area contributed by atoms with E-state index in [0.29, 0.717) is 5.92 Å². The molecule has 2 N–H and O–H groups in total. The molecule has 4 atom stereocenters. The number of nitrogens with one attached hydrogen (secondary N) is 1. The number of urea groups is 1. The lowest BCUT2D eigenvalue weighted by atomic mass is 9.85. The molecule has 114 valence electrons. The zero-order valence-electron chi connectivity index (χ0n) is 12.2. The molecule has 1 saturated heterocycles. The van der Waals surface area contributed by atoms with Gasteiger partial charge in [-0.1, -0.05) is 19.8 Å². The van der Waals surface area contributed by atoms with Gasteiger partial charge in [0, 0.05) is 13.1 Å². The van der Waals surface area contributed by atoms with Crippen molar-refractivity contribution >= 4 is 12.0 Å². The summed E-state index contributed by atoms with van der Waals surface area (Å²) in [5.74, 6) is -1.06. The Labute approximate surface area is 119 Å². The Balaban J connectivity index is 1.92. The minimum Gasteiger partial charge on any atom is -0.481 e. The fraction of sp³-hybridized carbons (Fsp3) is 0.857. The average Bonchev–Trinajstić information content (AvgIpc) is 2.86. The molecule has 2 amide bonds. The van der Waals surface area contributed by atoms with E-state index in [9.17, 15) is 9.59 Å². The number of carbonyl (C=O) groups is 2. The maximum Gasteiger partial charge on any atom is 0.317 e. The molecule has 1 aliphatic carbocycles. The van der Waals surface area contributed by atoms with Gasteiger partial charge in [0.05, 0.1) is 19.3 Å². The zero-order valence-corrected chi connectivity index (χ0v) is 12.2. The molecule has 1 aliphatic heterocycles. The van der Waals surface area contributed by atoms with Gasteiger partial charge >= 0.3 is 12.0 Å². The molecule has 4 unspecified atom stereocenters. The van der Waals surface area contributed by atoms with Crippen LogP contribution in [0.15, 0.2) is 0 Å². The lowest BCUT2D eigenvalue weighted by Gasteiger charge is -2.36. The summed E-state index contributed by atoms with van der Waals surface area (Å²) in [5, 5.41) is 11.9. The summed E-state index contributed by atoms with van der Waals surface area (Å²) in [6, 6.07) is -0.374. The lowest BCUT2D eigenvalue weighted by Crippen LogP contribution is -2.52. The Kier molecular flexibility index (Phi) is 4.86. The number of carbonyl (C=O) groups excluding carboxylic acids is 1. The van der Waals surface area contributed by atoms with E-state index >= 15 is 0 Å². The minimum absolute atomic E-state index is 0.170. The van der Waals surface area contributed by atoms with Crippen molar-refractivity contribution < 1.29 is 19.4 Å². The second-order valence-electron chi connectivity index (χ2n) is 5.98. The lowest BCUT2D eigenvalue weighted by molar-refractivity contribution is -0.142. The van der Waals surface area contributed by atoms with Crippen LogP contribution in [0.1, 0.15) is 32.6 Å². The molecular formula is C14H24N2O4. The van der Waals surface area contributed by atoms with Crippen LogP contribution in [-0.2, 0) is 9.53 Å². The van der Waals surface area contributed by atoms with E-state index in [0.717, 1.165) is 19.3 Å². The van der Waals surface area contributed by atoms with Crippen LogP contribution in [0.25, 0.3) is 0 Å². The molecule has 0 aromatic heterocycles. The largest absolute Gasteiger partial charge is 0.481 e. The third-order valence-electron chi connectivity index (χ3n) is 4.59. The zero-order chi connectivity index (χ0) is 14.7. The summed E-state index contributed by atoms with van der Waals surface area (Å²) >= 11 is 0. The van der Waals surface area contributed by atoms with Crippen LogP contribution in [0.3, 0.4) is 0 Å². The summed E-state index contributed by atoms with van der Waals surface area (Å²) in [5.41, 5.74) is 0. The molecule has 2 rings (SSSR count). The number of carboxylic acid groups (broad SMARTS) is 1.